The molecule has 0 saturated heterocycles. The summed E-state index contributed by atoms with van der Waals surface area (Å²) in [5.74, 6) is -0.788. The summed E-state index contributed by atoms with van der Waals surface area (Å²) in [4.78, 5) is 12.0. The van der Waals surface area contributed by atoms with Crippen LogP contribution in [-0.4, -0.2) is 38.9 Å². The fourth-order valence-corrected chi connectivity index (χ4v) is 3.24. The Bertz CT molecular complexity index is 558. The summed E-state index contributed by atoms with van der Waals surface area (Å²) in [6, 6.07) is 8.23. The second-order valence-corrected chi connectivity index (χ2v) is 6.78. The van der Waals surface area contributed by atoms with Gasteiger partial charge in [0.2, 0.25) is 0 Å². The van der Waals surface area contributed by atoms with Crippen LogP contribution in [0.25, 0.3) is 0 Å². The zero-order valence-electron chi connectivity index (χ0n) is 12.7. The first-order valence-electron chi connectivity index (χ1n) is 6.65. The van der Waals surface area contributed by atoms with E-state index in [9.17, 15) is 13.2 Å². The van der Waals surface area contributed by atoms with Crippen molar-refractivity contribution in [2.75, 3.05) is 14.2 Å². The number of benzene rings is 1. The van der Waals surface area contributed by atoms with Crippen LogP contribution in [0.4, 0.5) is 0 Å². The summed E-state index contributed by atoms with van der Waals surface area (Å²) in [5, 5.41) is 0. The van der Waals surface area contributed by atoms with Crippen LogP contribution in [0.3, 0.4) is 0 Å². The Morgan fingerprint density at radius 1 is 1.29 bits per heavy atom. The molecule has 118 valence electrons. The summed E-state index contributed by atoms with van der Waals surface area (Å²) in [6.07, 6.45) is 0. The molecule has 0 aliphatic carbocycles. The fourth-order valence-electron chi connectivity index (χ4n) is 2.06. The summed E-state index contributed by atoms with van der Waals surface area (Å²) in [6.45, 7) is 3.66. The minimum atomic E-state index is -3.78. The lowest BCUT2D eigenvalue weighted by Gasteiger charge is -2.31. The fraction of sp³-hybridized carbons (Fsp3) is 0.500. The largest absolute Gasteiger partial charge is 0.468 e. The minimum Gasteiger partial charge on any atom is -0.468 e. The first-order valence-corrected chi connectivity index (χ1v) is 8.09. The molecular formula is C14H22N2O4S. The lowest BCUT2D eigenvalue weighted by molar-refractivity contribution is -0.146. The number of carbonyl (C=O) groups excluding carboxylic acids is 1. The van der Waals surface area contributed by atoms with Crippen molar-refractivity contribution in [3.8, 4) is 0 Å². The molecule has 0 aliphatic heterocycles. The van der Waals surface area contributed by atoms with Crippen LogP contribution in [0.5, 0.6) is 0 Å². The average molecular weight is 314 g/mol. The van der Waals surface area contributed by atoms with E-state index in [1.807, 2.05) is 30.3 Å². The summed E-state index contributed by atoms with van der Waals surface area (Å²) in [7, 11) is -1.20. The lowest BCUT2D eigenvalue weighted by Crippen LogP contribution is -2.51. The predicted octanol–water partition coefficient (Wildman–Crippen LogP) is 1.15. The normalized spacial score (nSPS) is 13.4. The first kappa shape index (κ1) is 17.6. The molecule has 1 atom stereocenters. The molecular weight excluding hydrogens is 292 g/mol. The molecule has 0 aromatic heterocycles. The Hall–Kier alpha value is -1.44. The van der Waals surface area contributed by atoms with Gasteiger partial charge in [0.1, 0.15) is 6.04 Å². The van der Waals surface area contributed by atoms with E-state index in [1.54, 1.807) is 13.8 Å². The number of nitrogens with zero attached hydrogens (tertiary/aromatic N) is 1. The van der Waals surface area contributed by atoms with E-state index in [4.69, 9.17) is 4.74 Å². The van der Waals surface area contributed by atoms with Crippen molar-refractivity contribution in [1.82, 2.24) is 9.03 Å². The number of hydrogen-bond acceptors (Lipinski definition) is 4. The number of esters is 1. The number of carbonyl (C=O) groups is 1. The van der Waals surface area contributed by atoms with Gasteiger partial charge < -0.3 is 4.74 Å². The molecule has 0 heterocycles. The van der Waals surface area contributed by atoms with Gasteiger partial charge in [-0.1, -0.05) is 44.2 Å². The van der Waals surface area contributed by atoms with Crippen LogP contribution >= 0.6 is 0 Å². The highest BCUT2D eigenvalue weighted by molar-refractivity contribution is 7.87. The Kier molecular flexibility index (Phi) is 6.32. The Labute approximate surface area is 126 Å². The van der Waals surface area contributed by atoms with Crippen molar-refractivity contribution in [2.45, 2.75) is 26.4 Å². The molecule has 0 aliphatic rings. The first-order chi connectivity index (χ1) is 9.83. The standard InChI is InChI=1S/C14H22N2O4S/c1-11(2)13(14(17)20-4)16(21(18,19)15-3)10-12-8-6-5-7-9-12/h5-9,11,13,15H,10H2,1-4H3. The molecule has 0 bridgehead atoms. The molecule has 1 aromatic rings. The maximum absolute atomic E-state index is 12.3. The Morgan fingerprint density at radius 3 is 2.29 bits per heavy atom. The molecule has 0 amide bonds. The van der Waals surface area contributed by atoms with Gasteiger partial charge in [-0.2, -0.15) is 12.7 Å². The topological polar surface area (TPSA) is 75.7 Å². The highest BCUT2D eigenvalue weighted by Gasteiger charge is 2.37. The number of ether oxygens (including phenoxy) is 1. The molecule has 1 rings (SSSR count). The Balaban J connectivity index is 3.21. The minimum absolute atomic E-state index is 0.0992. The third-order valence-electron chi connectivity index (χ3n) is 3.13. The molecule has 1 N–H and O–H groups in total. The van der Waals surface area contributed by atoms with Crippen molar-refractivity contribution in [1.29, 1.82) is 0 Å². The number of nitrogens with one attached hydrogen (secondary N) is 1. The third kappa shape index (κ3) is 4.52. The molecule has 21 heavy (non-hydrogen) atoms. The smallest absolute Gasteiger partial charge is 0.324 e. The highest BCUT2D eigenvalue weighted by Crippen LogP contribution is 2.19. The van der Waals surface area contributed by atoms with Crippen LogP contribution < -0.4 is 4.72 Å². The van der Waals surface area contributed by atoms with E-state index in [2.05, 4.69) is 4.72 Å². The van der Waals surface area contributed by atoms with Crippen molar-refractivity contribution in [2.24, 2.45) is 5.92 Å². The number of hydrogen-bond donors (Lipinski definition) is 1. The second kappa shape index (κ2) is 7.53. The molecule has 1 aromatic carbocycles. The van der Waals surface area contributed by atoms with Crippen LogP contribution in [0.2, 0.25) is 0 Å². The van der Waals surface area contributed by atoms with Gasteiger partial charge in [0.05, 0.1) is 7.11 Å². The quantitative estimate of drug-likeness (QED) is 0.766. The van der Waals surface area contributed by atoms with Gasteiger partial charge in [-0.05, 0) is 11.5 Å². The third-order valence-corrected chi connectivity index (χ3v) is 4.62. The molecule has 7 heteroatoms. The molecule has 6 nitrogen and oxygen atoms in total. The zero-order chi connectivity index (χ0) is 16.0. The van der Waals surface area contributed by atoms with Gasteiger partial charge in [-0.25, -0.2) is 4.72 Å². The van der Waals surface area contributed by atoms with E-state index in [-0.39, 0.29) is 12.5 Å². The van der Waals surface area contributed by atoms with E-state index < -0.39 is 22.2 Å². The van der Waals surface area contributed by atoms with Crippen molar-refractivity contribution >= 4 is 16.2 Å². The summed E-state index contributed by atoms with van der Waals surface area (Å²) >= 11 is 0. The molecule has 0 spiro atoms. The maximum Gasteiger partial charge on any atom is 0.324 e. The van der Waals surface area contributed by atoms with Gasteiger partial charge in [-0.15, -0.1) is 0 Å². The Morgan fingerprint density at radius 2 is 1.86 bits per heavy atom. The SMILES string of the molecule is CNS(=O)(=O)N(Cc1ccccc1)C(C(=O)OC)C(C)C. The summed E-state index contributed by atoms with van der Waals surface area (Å²) < 4.78 is 32.7. The zero-order valence-corrected chi connectivity index (χ0v) is 13.6. The van der Waals surface area contributed by atoms with Crippen LogP contribution in [0.15, 0.2) is 30.3 Å². The van der Waals surface area contributed by atoms with E-state index in [0.29, 0.717) is 0 Å². The number of rotatable bonds is 7. The summed E-state index contributed by atoms with van der Waals surface area (Å²) in [5.41, 5.74) is 0.797. The molecule has 0 radical (unpaired) electrons. The van der Waals surface area contributed by atoms with E-state index in [1.165, 1.54) is 14.2 Å². The van der Waals surface area contributed by atoms with E-state index in [0.717, 1.165) is 9.87 Å². The monoisotopic (exact) mass is 314 g/mol. The number of methoxy groups -OCH3 is 1. The van der Waals surface area contributed by atoms with Crippen molar-refractivity contribution in [3.63, 3.8) is 0 Å². The van der Waals surface area contributed by atoms with Crippen molar-refractivity contribution < 1.29 is 17.9 Å². The van der Waals surface area contributed by atoms with Crippen LogP contribution in [0.1, 0.15) is 19.4 Å². The van der Waals surface area contributed by atoms with Crippen LogP contribution in [0, 0.1) is 5.92 Å². The van der Waals surface area contributed by atoms with Gasteiger partial charge in [-0.3, -0.25) is 4.79 Å². The van der Waals surface area contributed by atoms with Crippen LogP contribution in [-0.2, 0) is 26.3 Å². The van der Waals surface area contributed by atoms with Gasteiger partial charge in [0, 0.05) is 13.6 Å². The highest BCUT2D eigenvalue weighted by atomic mass is 32.2. The lowest BCUT2D eigenvalue weighted by atomic mass is 10.0. The van der Waals surface area contributed by atoms with Crippen molar-refractivity contribution in [3.05, 3.63) is 35.9 Å². The predicted molar refractivity (Wildman–Crippen MR) is 80.6 cm³/mol. The van der Waals surface area contributed by atoms with Gasteiger partial charge in [0.25, 0.3) is 10.2 Å². The maximum atomic E-state index is 12.3. The van der Waals surface area contributed by atoms with E-state index >= 15 is 0 Å². The molecule has 1 unspecified atom stereocenters. The molecule has 0 saturated carbocycles. The average Bonchev–Trinajstić information content (AvgIpc) is 2.47. The van der Waals surface area contributed by atoms with Gasteiger partial charge >= 0.3 is 5.97 Å². The van der Waals surface area contributed by atoms with Gasteiger partial charge in [0.15, 0.2) is 0 Å². The molecule has 0 fully saturated rings. The second-order valence-electron chi connectivity index (χ2n) is 4.95.